The van der Waals surface area contributed by atoms with Crippen LogP contribution in [0.25, 0.3) is 0 Å². The maximum Gasteiger partial charge on any atom is 0.158 e. The van der Waals surface area contributed by atoms with Crippen molar-refractivity contribution >= 4 is 22.2 Å². The summed E-state index contributed by atoms with van der Waals surface area (Å²) in [5, 5.41) is -0.312. The van der Waals surface area contributed by atoms with Crippen molar-refractivity contribution < 1.29 is 17.5 Å². The van der Waals surface area contributed by atoms with Crippen LogP contribution in [0.5, 0.6) is 0 Å². The minimum absolute atomic E-state index is 0.0446. The summed E-state index contributed by atoms with van der Waals surface area (Å²) >= 11 is -3.77. The molecule has 2 N–H and O–H groups in total. The fourth-order valence-corrected chi connectivity index (χ4v) is 3.18. The Morgan fingerprint density at radius 1 is 1.25 bits per heavy atom. The van der Waals surface area contributed by atoms with Gasteiger partial charge < -0.3 is 9.11 Å². The normalized spacial score (nSPS) is 20.1. The Labute approximate surface area is 103 Å². The van der Waals surface area contributed by atoms with E-state index in [0.29, 0.717) is 12.8 Å². The summed E-state index contributed by atoms with van der Waals surface area (Å²) < 4.78 is 39.8. The molecule has 6 heteroatoms. The maximum absolute atomic E-state index is 11.2. The van der Waals surface area contributed by atoms with Crippen molar-refractivity contribution in [2.24, 2.45) is 5.92 Å². The van der Waals surface area contributed by atoms with Crippen LogP contribution in [0.15, 0.2) is 0 Å². The summed E-state index contributed by atoms with van der Waals surface area (Å²) in [5.74, 6) is -0.0446. The molecule has 0 fully saturated rings. The van der Waals surface area contributed by atoms with Gasteiger partial charge in [0.05, 0.1) is 10.00 Å². The van der Waals surface area contributed by atoms with Gasteiger partial charge in [0.25, 0.3) is 0 Å². The minimum atomic E-state index is -1.91. The van der Waals surface area contributed by atoms with Crippen molar-refractivity contribution in [2.75, 3.05) is 0 Å². The fourth-order valence-electron chi connectivity index (χ4n) is 1.85. The van der Waals surface area contributed by atoms with Gasteiger partial charge in [-0.25, -0.2) is 8.42 Å². The van der Waals surface area contributed by atoms with Crippen molar-refractivity contribution in [3.8, 4) is 0 Å². The van der Waals surface area contributed by atoms with E-state index < -0.39 is 26.9 Å². The van der Waals surface area contributed by atoms with E-state index >= 15 is 0 Å². The summed E-state index contributed by atoms with van der Waals surface area (Å²) in [6.07, 6.45) is 1.97. The van der Waals surface area contributed by atoms with Gasteiger partial charge in [-0.05, 0) is 32.6 Å². The molecule has 0 amide bonds. The van der Waals surface area contributed by atoms with Crippen LogP contribution in [0.3, 0.4) is 0 Å². The molecular formula is C10H22O4S2. The molecule has 0 aromatic rings. The first-order valence-corrected chi connectivity index (χ1v) is 7.70. The molecule has 0 aromatic heterocycles. The van der Waals surface area contributed by atoms with Crippen LogP contribution in [0, 0.1) is 5.92 Å². The molecule has 16 heavy (non-hydrogen) atoms. The highest BCUT2D eigenvalue weighted by Gasteiger charge is 2.32. The van der Waals surface area contributed by atoms with Crippen molar-refractivity contribution in [2.45, 2.75) is 57.0 Å². The molecule has 0 bridgehead atoms. The molecule has 0 saturated carbocycles. The predicted octanol–water partition coefficient (Wildman–Crippen LogP) is 2.40. The van der Waals surface area contributed by atoms with Gasteiger partial charge in [0.2, 0.25) is 0 Å². The first-order chi connectivity index (χ1) is 7.22. The molecule has 0 radical (unpaired) electrons. The highest BCUT2D eigenvalue weighted by molar-refractivity contribution is 7.80. The lowest BCUT2D eigenvalue weighted by atomic mass is 9.93. The zero-order valence-electron chi connectivity index (χ0n) is 10.3. The number of rotatable bonds is 7. The fraction of sp³-hybridized carbons (Fsp3) is 1.00. The van der Waals surface area contributed by atoms with Gasteiger partial charge in [-0.1, -0.05) is 20.3 Å². The van der Waals surface area contributed by atoms with E-state index in [1.165, 1.54) is 0 Å². The van der Waals surface area contributed by atoms with Crippen LogP contribution in [0.4, 0.5) is 0 Å². The predicted molar refractivity (Wildman–Crippen MR) is 68.1 cm³/mol. The Kier molecular flexibility index (Phi) is 6.93. The van der Waals surface area contributed by atoms with Gasteiger partial charge in [0.15, 0.2) is 22.2 Å². The Balaban J connectivity index is 4.58. The molecule has 0 aliphatic heterocycles. The summed E-state index contributed by atoms with van der Waals surface area (Å²) in [5.41, 5.74) is 0. The van der Waals surface area contributed by atoms with Gasteiger partial charge in [-0.2, -0.15) is 0 Å². The molecular weight excluding hydrogens is 248 g/mol. The third kappa shape index (κ3) is 5.03. The topological polar surface area (TPSA) is 74.6 Å². The van der Waals surface area contributed by atoms with Gasteiger partial charge >= 0.3 is 0 Å². The van der Waals surface area contributed by atoms with Crippen LogP contribution >= 0.6 is 0 Å². The molecule has 0 aromatic carbocycles. The standard InChI is InChI=1S/C10H22O4S2/c1-5-6-9(15(11)12)8(2)7-10(3,4)16(13)14/h8-9H,5-7H2,1-4H3,(H,11,12)(H,13,14). The van der Waals surface area contributed by atoms with Gasteiger partial charge in [0.1, 0.15) is 0 Å². The molecule has 0 spiro atoms. The van der Waals surface area contributed by atoms with Crippen molar-refractivity contribution in [3.05, 3.63) is 0 Å². The van der Waals surface area contributed by atoms with Crippen LogP contribution < -0.4 is 0 Å². The van der Waals surface area contributed by atoms with Crippen LogP contribution in [0.1, 0.15) is 47.0 Å². The van der Waals surface area contributed by atoms with E-state index in [-0.39, 0.29) is 11.2 Å². The van der Waals surface area contributed by atoms with Crippen LogP contribution in [-0.2, 0) is 22.2 Å². The lowest BCUT2D eigenvalue weighted by Crippen LogP contribution is -2.34. The second kappa shape index (κ2) is 6.83. The van der Waals surface area contributed by atoms with E-state index in [0.717, 1.165) is 6.42 Å². The molecule has 4 unspecified atom stereocenters. The third-order valence-corrected chi connectivity index (χ3v) is 5.08. The SMILES string of the molecule is CCCC(C(C)CC(C)(C)S(=O)O)S(=O)O. The highest BCUT2D eigenvalue weighted by atomic mass is 32.2. The minimum Gasteiger partial charge on any atom is -0.306 e. The van der Waals surface area contributed by atoms with E-state index in [9.17, 15) is 13.0 Å². The van der Waals surface area contributed by atoms with E-state index in [4.69, 9.17) is 4.55 Å². The molecule has 4 atom stereocenters. The average Bonchev–Trinajstić information content (AvgIpc) is 2.12. The average molecular weight is 270 g/mol. The highest BCUT2D eigenvalue weighted by Crippen LogP contribution is 2.27. The second-order valence-corrected chi connectivity index (χ2v) is 7.55. The summed E-state index contributed by atoms with van der Waals surface area (Å²) in [7, 11) is 0. The summed E-state index contributed by atoms with van der Waals surface area (Å²) in [4.78, 5) is 0. The Morgan fingerprint density at radius 2 is 1.75 bits per heavy atom. The van der Waals surface area contributed by atoms with Crippen molar-refractivity contribution in [3.63, 3.8) is 0 Å². The lowest BCUT2D eigenvalue weighted by Gasteiger charge is -2.28. The van der Waals surface area contributed by atoms with Crippen molar-refractivity contribution in [1.82, 2.24) is 0 Å². The third-order valence-electron chi connectivity index (χ3n) is 2.75. The molecule has 0 rings (SSSR count). The molecule has 0 heterocycles. The lowest BCUT2D eigenvalue weighted by molar-refractivity contribution is 0.394. The first-order valence-electron chi connectivity index (χ1n) is 5.43. The molecule has 0 saturated heterocycles. The molecule has 98 valence electrons. The quantitative estimate of drug-likeness (QED) is 0.697. The Bertz CT molecular complexity index is 266. The molecule has 0 aliphatic carbocycles. The molecule has 4 nitrogen and oxygen atoms in total. The largest absolute Gasteiger partial charge is 0.306 e. The van der Waals surface area contributed by atoms with Gasteiger partial charge in [-0.3, -0.25) is 0 Å². The maximum atomic E-state index is 11.2. The first kappa shape index (κ1) is 16.2. The van der Waals surface area contributed by atoms with Gasteiger partial charge in [-0.15, -0.1) is 0 Å². The zero-order valence-corrected chi connectivity index (χ0v) is 11.9. The molecule has 0 aliphatic rings. The number of hydrogen-bond donors (Lipinski definition) is 2. The second-order valence-electron chi connectivity index (χ2n) is 4.79. The summed E-state index contributed by atoms with van der Waals surface area (Å²) in [6, 6.07) is 0. The number of hydrogen-bond acceptors (Lipinski definition) is 2. The van der Waals surface area contributed by atoms with Crippen LogP contribution in [-0.4, -0.2) is 27.5 Å². The van der Waals surface area contributed by atoms with Crippen molar-refractivity contribution in [1.29, 1.82) is 0 Å². The van der Waals surface area contributed by atoms with Crippen LogP contribution in [0.2, 0.25) is 0 Å². The van der Waals surface area contributed by atoms with E-state index in [1.54, 1.807) is 13.8 Å². The van der Waals surface area contributed by atoms with Gasteiger partial charge in [0, 0.05) is 0 Å². The Hall–Kier alpha value is 0.220. The smallest absolute Gasteiger partial charge is 0.158 e. The van der Waals surface area contributed by atoms with E-state index in [2.05, 4.69) is 0 Å². The monoisotopic (exact) mass is 270 g/mol. The van der Waals surface area contributed by atoms with E-state index in [1.807, 2.05) is 13.8 Å². The zero-order chi connectivity index (χ0) is 12.9. The summed E-state index contributed by atoms with van der Waals surface area (Å²) in [6.45, 7) is 7.22. The Morgan fingerprint density at radius 3 is 2.06 bits per heavy atom.